The molecule has 0 unspecified atom stereocenters. The summed E-state index contributed by atoms with van der Waals surface area (Å²) >= 11 is 1.56. The van der Waals surface area contributed by atoms with Gasteiger partial charge in [0.15, 0.2) is 5.96 Å². The summed E-state index contributed by atoms with van der Waals surface area (Å²) < 4.78 is 0. The smallest absolute Gasteiger partial charge is 0.246 e. The van der Waals surface area contributed by atoms with Gasteiger partial charge in [0, 0.05) is 18.9 Å². The Kier molecular flexibility index (Phi) is 12.4. The average molecular weight is 611 g/mol. The van der Waals surface area contributed by atoms with Crippen molar-refractivity contribution in [2.45, 2.75) is 55.8 Å². The molecule has 0 saturated heterocycles. The van der Waals surface area contributed by atoms with Crippen molar-refractivity contribution in [1.29, 1.82) is 0 Å². The van der Waals surface area contributed by atoms with Crippen LogP contribution < -0.4 is 38.9 Å². The van der Waals surface area contributed by atoms with Crippen LogP contribution in [-0.4, -0.2) is 71.8 Å². The second-order valence-corrected chi connectivity index (χ2v) is 11.7. The highest BCUT2D eigenvalue weighted by Crippen LogP contribution is 2.45. The topological polar surface area (TPSA) is 221 Å². The molecule has 0 aliphatic heterocycles. The normalized spacial score (nSPS) is 19.3. The van der Waals surface area contributed by atoms with Crippen molar-refractivity contribution in [2.24, 2.45) is 33.8 Å². The number of thioether (sulfide) groups is 1. The molecule has 43 heavy (non-hydrogen) atoms. The molecule has 12 nitrogen and oxygen atoms in total. The van der Waals surface area contributed by atoms with Gasteiger partial charge in [-0.1, -0.05) is 60.7 Å². The number of hydrogen-bond acceptors (Lipinski definition) is 7. The van der Waals surface area contributed by atoms with Gasteiger partial charge in [0.1, 0.15) is 17.6 Å². The molecule has 0 spiro atoms. The van der Waals surface area contributed by atoms with Gasteiger partial charge in [-0.2, -0.15) is 11.8 Å². The van der Waals surface area contributed by atoms with Crippen molar-refractivity contribution in [3.63, 3.8) is 0 Å². The van der Waals surface area contributed by atoms with Crippen LogP contribution >= 0.6 is 11.8 Å². The van der Waals surface area contributed by atoms with Gasteiger partial charge >= 0.3 is 0 Å². The van der Waals surface area contributed by atoms with Gasteiger partial charge in [-0.15, -0.1) is 0 Å². The summed E-state index contributed by atoms with van der Waals surface area (Å²) in [7, 11) is 0. The maximum atomic E-state index is 13.8. The van der Waals surface area contributed by atoms with Crippen LogP contribution in [0.25, 0.3) is 0 Å². The Bertz CT molecular complexity index is 1280. The number of primary amides is 1. The number of guanidine groups is 1. The first-order valence-corrected chi connectivity index (χ1v) is 15.6. The third-order valence-electron chi connectivity index (χ3n) is 7.37. The predicted octanol–water partition coefficient (Wildman–Crippen LogP) is -0.454. The molecule has 232 valence electrons. The van der Waals surface area contributed by atoms with Crippen molar-refractivity contribution < 1.29 is 19.2 Å². The van der Waals surface area contributed by atoms with E-state index in [1.54, 1.807) is 11.8 Å². The minimum absolute atomic E-state index is 0.0897. The van der Waals surface area contributed by atoms with E-state index in [9.17, 15) is 19.2 Å². The van der Waals surface area contributed by atoms with Crippen molar-refractivity contribution in [3.05, 3.63) is 71.8 Å². The fourth-order valence-corrected chi connectivity index (χ4v) is 5.70. The first kappa shape index (κ1) is 33.4. The first-order valence-electron chi connectivity index (χ1n) is 14.2. The molecule has 2 aromatic carbocycles. The van der Waals surface area contributed by atoms with Crippen LogP contribution in [-0.2, 0) is 32.0 Å². The van der Waals surface area contributed by atoms with Crippen LogP contribution in [0.1, 0.15) is 30.4 Å². The lowest BCUT2D eigenvalue weighted by atomic mass is 10.0. The number of nitrogens with two attached hydrogens (primary N) is 4. The van der Waals surface area contributed by atoms with Gasteiger partial charge in [0.05, 0.1) is 6.04 Å². The SMILES string of the molecule is CSC[C@H]1C[C@@]1(NC(=O)[C@@H](N)Cc1ccccc1)C(=O)N[C@@H](CCCN=C(N)N)C(=O)N[C@@H](Cc1ccccc1)C(N)=O. The van der Waals surface area contributed by atoms with Crippen molar-refractivity contribution in [3.8, 4) is 0 Å². The highest BCUT2D eigenvalue weighted by Gasteiger charge is 2.61. The number of benzene rings is 2. The van der Waals surface area contributed by atoms with Crippen molar-refractivity contribution in [2.75, 3.05) is 18.6 Å². The van der Waals surface area contributed by atoms with Crippen LogP contribution in [0.3, 0.4) is 0 Å². The summed E-state index contributed by atoms with van der Waals surface area (Å²) in [5.74, 6) is -1.84. The van der Waals surface area contributed by atoms with Gasteiger partial charge < -0.3 is 38.9 Å². The molecule has 5 atom stereocenters. The molecule has 1 fully saturated rings. The van der Waals surface area contributed by atoms with Crippen LogP contribution in [0, 0.1) is 5.92 Å². The zero-order valence-electron chi connectivity index (χ0n) is 24.3. The van der Waals surface area contributed by atoms with Crippen LogP contribution in [0.4, 0.5) is 0 Å². The maximum Gasteiger partial charge on any atom is 0.246 e. The highest BCUT2D eigenvalue weighted by molar-refractivity contribution is 7.98. The molecule has 2 aromatic rings. The molecule has 3 rings (SSSR count). The lowest BCUT2D eigenvalue weighted by Crippen LogP contribution is -2.59. The Labute approximate surface area is 256 Å². The van der Waals surface area contributed by atoms with Crippen LogP contribution in [0.5, 0.6) is 0 Å². The Balaban J connectivity index is 1.75. The lowest BCUT2D eigenvalue weighted by Gasteiger charge is -2.26. The monoisotopic (exact) mass is 610 g/mol. The molecule has 11 N–H and O–H groups in total. The second kappa shape index (κ2) is 15.9. The Morgan fingerprint density at radius 3 is 2.07 bits per heavy atom. The number of nitrogens with one attached hydrogen (secondary N) is 3. The summed E-state index contributed by atoms with van der Waals surface area (Å²) in [5.41, 5.74) is 23.2. The molecular formula is C30H42N8O4S. The van der Waals surface area contributed by atoms with Crippen molar-refractivity contribution in [1.82, 2.24) is 16.0 Å². The van der Waals surface area contributed by atoms with E-state index in [4.69, 9.17) is 22.9 Å². The van der Waals surface area contributed by atoms with E-state index < -0.39 is 47.3 Å². The van der Waals surface area contributed by atoms with Crippen LogP contribution in [0.2, 0.25) is 0 Å². The third-order valence-corrected chi connectivity index (χ3v) is 8.11. The summed E-state index contributed by atoms with van der Waals surface area (Å²) in [6.45, 7) is 0.233. The molecule has 0 radical (unpaired) electrons. The molecular weight excluding hydrogens is 568 g/mol. The number of aliphatic imine (C=N–C) groups is 1. The standard InChI is InChI=1S/C30H42N8O4S/c1-43-18-21-17-30(21,38-26(40)22(31)15-19-9-4-2-5-10-19)28(42)37-23(13-8-14-35-29(33)34)27(41)36-24(25(32)39)16-20-11-6-3-7-12-20/h2-7,9-12,21-24H,8,13-18,31H2,1H3,(H2,32,39)(H,36,41)(H,37,42)(H,38,40)(H4,33,34,35)/t21-,22+,23+,24+,30+/m1/s1. The number of amides is 4. The minimum atomic E-state index is -1.21. The van der Waals surface area contributed by atoms with E-state index in [0.717, 1.165) is 11.1 Å². The van der Waals surface area contributed by atoms with Gasteiger partial charge in [-0.3, -0.25) is 24.2 Å². The van der Waals surface area contributed by atoms with Gasteiger partial charge in [-0.05, 0) is 48.8 Å². The zero-order chi connectivity index (χ0) is 31.4. The fraction of sp³-hybridized carbons (Fsp3) is 0.433. The fourth-order valence-electron chi connectivity index (χ4n) is 4.90. The van der Waals surface area contributed by atoms with E-state index in [1.165, 1.54) is 0 Å². The predicted molar refractivity (Wildman–Crippen MR) is 169 cm³/mol. The minimum Gasteiger partial charge on any atom is -0.370 e. The van der Waals surface area contributed by atoms with Crippen molar-refractivity contribution >= 4 is 41.4 Å². The molecule has 13 heteroatoms. The van der Waals surface area contributed by atoms with E-state index >= 15 is 0 Å². The van der Waals surface area contributed by atoms with E-state index in [1.807, 2.05) is 66.9 Å². The first-order chi connectivity index (χ1) is 20.6. The summed E-state index contributed by atoms with van der Waals surface area (Å²) in [5, 5.41) is 8.40. The number of hydrogen-bond donors (Lipinski definition) is 7. The number of nitrogens with zero attached hydrogens (tertiary/aromatic N) is 1. The molecule has 0 aromatic heterocycles. The summed E-state index contributed by atoms with van der Waals surface area (Å²) in [6, 6.07) is 15.6. The van der Waals surface area contributed by atoms with Gasteiger partial charge in [-0.25, -0.2) is 0 Å². The number of carbonyl (C=O) groups excluding carboxylic acids is 4. The Hall–Kier alpha value is -4.10. The number of carbonyl (C=O) groups is 4. The largest absolute Gasteiger partial charge is 0.370 e. The zero-order valence-corrected chi connectivity index (χ0v) is 25.1. The van der Waals surface area contributed by atoms with E-state index in [-0.39, 0.29) is 31.3 Å². The molecule has 1 saturated carbocycles. The Morgan fingerprint density at radius 1 is 0.907 bits per heavy atom. The Morgan fingerprint density at radius 2 is 1.51 bits per heavy atom. The lowest BCUT2D eigenvalue weighted by molar-refractivity contribution is -0.134. The molecule has 4 amide bonds. The third kappa shape index (κ3) is 10.00. The van der Waals surface area contributed by atoms with E-state index in [0.29, 0.717) is 25.0 Å². The van der Waals surface area contributed by atoms with Crippen LogP contribution in [0.15, 0.2) is 65.7 Å². The second-order valence-electron chi connectivity index (χ2n) is 10.7. The maximum absolute atomic E-state index is 13.8. The molecule has 1 aliphatic carbocycles. The quantitative estimate of drug-likeness (QED) is 0.0704. The molecule has 1 aliphatic rings. The summed E-state index contributed by atoms with van der Waals surface area (Å²) in [6.07, 6.45) is 3.36. The van der Waals surface area contributed by atoms with Gasteiger partial charge in [0.2, 0.25) is 23.6 Å². The van der Waals surface area contributed by atoms with E-state index in [2.05, 4.69) is 20.9 Å². The average Bonchev–Trinajstić information content (AvgIpc) is 3.67. The highest BCUT2D eigenvalue weighted by atomic mass is 32.2. The van der Waals surface area contributed by atoms with Gasteiger partial charge in [0.25, 0.3) is 0 Å². The molecule has 0 bridgehead atoms. The number of rotatable bonds is 17. The summed E-state index contributed by atoms with van der Waals surface area (Å²) in [4.78, 5) is 56.6. The molecule has 0 heterocycles.